The Morgan fingerprint density at radius 2 is 1.78 bits per heavy atom. The number of carbonyl (C=O) groups excluding carboxylic acids is 1. The molecule has 0 spiro atoms. The number of non-ortho nitro benzene ring substituents is 1. The standard InChI is InChI=1S/C17H13N3O3/c21-17-14(10-12-6-8-15(9-7-12)20(22)23)11-16(18-19-17)13-4-2-1-3-5-13/h1-10H,11H2,(H,19,21). The minimum Gasteiger partial charge on any atom is -0.268 e. The van der Waals surface area contributed by atoms with Gasteiger partial charge < -0.3 is 0 Å². The van der Waals surface area contributed by atoms with Crippen molar-refractivity contribution >= 4 is 23.4 Å². The van der Waals surface area contributed by atoms with E-state index in [4.69, 9.17) is 0 Å². The summed E-state index contributed by atoms with van der Waals surface area (Å²) in [5.74, 6) is -0.261. The quantitative estimate of drug-likeness (QED) is 0.537. The largest absolute Gasteiger partial charge is 0.269 e. The van der Waals surface area contributed by atoms with E-state index in [9.17, 15) is 14.9 Å². The number of amides is 1. The van der Waals surface area contributed by atoms with Gasteiger partial charge in [0.25, 0.3) is 11.6 Å². The van der Waals surface area contributed by atoms with Gasteiger partial charge in [0.05, 0.1) is 10.6 Å². The molecule has 2 aromatic rings. The topological polar surface area (TPSA) is 84.6 Å². The van der Waals surface area contributed by atoms with E-state index in [1.54, 1.807) is 18.2 Å². The summed E-state index contributed by atoms with van der Waals surface area (Å²) in [4.78, 5) is 22.2. The van der Waals surface area contributed by atoms with Crippen molar-refractivity contribution in [2.45, 2.75) is 6.42 Å². The fourth-order valence-corrected chi connectivity index (χ4v) is 2.30. The van der Waals surface area contributed by atoms with Crippen LogP contribution in [-0.2, 0) is 4.79 Å². The summed E-state index contributed by atoms with van der Waals surface area (Å²) in [6.45, 7) is 0. The van der Waals surface area contributed by atoms with Gasteiger partial charge in [0.2, 0.25) is 0 Å². The average Bonchev–Trinajstić information content (AvgIpc) is 2.58. The zero-order valence-corrected chi connectivity index (χ0v) is 12.1. The number of nitro groups is 1. The highest BCUT2D eigenvalue weighted by molar-refractivity contribution is 6.12. The predicted octanol–water partition coefficient (Wildman–Crippen LogP) is 2.90. The number of nitro benzene ring substituents is 1. The fourth-order valence-electron chi connectivity index (χ4n) is 2.30. The number of hydrogen-bond acceptors (Lipinski definition) is 4. The lowest BCUT2D eigenvalue weighted by atomic mass is 9.99. The first-order chi connectivity index (χ1) is 11.1. The summed E-state index contributed by atoms with van der Waals surface area (Å²) in [5, 5.41) is 14.8. The van der Waals surface area contributed by atoms with Gasteiger partial charge >= 0.3 is 0 Å². The predicted molar refractivity (Wildman–Crippen MR) is 86.8 cm³/mol. The molecule has 0 saturated heterocycles. The molecular formula is C17H13N3O3. The van der Waals surface area contributed by atoms with Crippen LogP contribution in [0.1, 0.15) is 17.5 Å². The lowest BCUT2D eigenvalue weighted by molar-refractivity contribution is -0.384. The molecule has 3 rings (SSSR count). The van der Waals surface area contributed by atoms with Crippen molar-refractivity contribution in [3.05, 3.63) is 81.4 Å². The molecule has 6 heteroatoms. The van der Waals surface area contributed by atoms with Gasteiger partial charge in [0, 0.05) is 24.1 Å². The van der Waals surface area contributed by atoms with Crippen molar-refractivity contribution < 1.29 is 9.72 Å². The van der Waals surface area contributed by atoms with E-state index in [0.717, 1.165) is 16.8 Å². The normalized spacial score (nSPS) is 15.9. The Hall–Kier alpha value is -3.28. The molecule has 0 radical (unpaired) electrons. The SMILES string of the molecule is O=C1NN=C(c2ccccc2)CC1=Cc1ccc([N+](=O)[O-])cc1. The van der Waals surface area contributed by atoms with E-state index in [2.05, 4.69) is 10.5 Å². The maximum Gasteiger partial charge on any atom is 0.269 e. The van der Waals surface area contributed by atoms with Crippen LogP contribution in [0.5, 0.6) is 0 Å². The minimum absolute atomic E-state index is 0.0202. The van der Waals surface area contributed by atoms with Crippen molar-refractivity contribution in [2.24, 2.45) is 5.10 Å². The third-order valence-corrected chi connectivity index (χ3v) is 3.49. The summed E-state index contributed by atoms with van der Waals surface area (Å²) in [7, 11) is 0. The number of hydrogen-bond donors (Lipinski definition) is 1. The lowest BCUT2D eigenvalue weighted by Crippen LogP contribution is -2.28. The summed E-state index contributed by atoms with van der Waals surface area (Å²) in [5.41, 5.74) is 5.54. The first-order valence-electron chi connectivity index (χ1n) is 7.01. The van der Waals surface area contributed by atoms with E-state index in [-0.39, 0.29) is 11.6 Å². The first kappa shape index (κ1) is 14.6. The van der Waals surface area contributed by atoms with Gasteiger partial charge in [-0.25, -0.2) is 5.43 Å². The van der Waals surface area contributed by atoms with Gasteiger partial charge in [0.15, 0.2) is 0 Å². The smallest absolute Gasteiger partial charge is 0.268 e. The molecule has 1 N–H and O–H groups in total. The summed E-state index contributed by atoms with van der Waals surface area (Å²) in [6, 6.07) is 15.7. The zero-order chi connectivity index (χ0) is 16.2. The van der Waals surface area contributed by atoms with Gasteiger partial charge in [-0.15, -0.1) is 0 Å². The molecule has 0 fully saturated rings. The van der Waals surface area contributed by atoms with Crippen LogP contribution in [0.4, 0.5) is 5.69 Å². The molecule has 1 heterocycles. The molecule has 114 valence electrons. The Morgan fingerprint density at radius 3 is 2.43 bits per heavy atom. The van der Waals surface area contributed by atoms with Gasteiger partial charge in [-0.05, 0) is 29.3 Å². The molecule has 1 amide bonds. The second kappa shape index (κ2) is 6.23. The van der Waals surface area contributed by atoms with Crippen LogP contribution in [0.25, 0.3) is 6.08 Å². The highest BCUT2D eigenvalue weighted by atomic mass is 16.6. The van der Waals surface area contributed by atoms with Crippen LogP contribution >= 0.6 is 0 Å². The third kappa shape index (κ3) is 3.32. The molecule has 2 aromatic carbocycles. The fraction of sp³-hybridized carbons (Fsp3) is 0.0588. The third-order valence-electron chi connectivity index (χ3n) is 3.49. The maximum absolute atomic E-state index is 12.0. The van der Waals surface area contributed by atoms with Gasteiger partial charge in [0.1, 0.15) is 0 Å². The summed E-state index contributed by atoms with van der Waals surface area (Å²) in [6.07, 6.45) is 2.13. The average molecular weight is 307 g/mol. The van der Waals surface area contributed by atoms with Crippen molar-refractivity contribution in [3.8, 4) is 0 Å². The molecule has 0 aliphatic carbocycles. The number of benzene rings is 2. The van der Waals surface area contributed by atoms with E-state index >= 15 is 0 Å². The van der Waals surface area contributed by atoms with Crippen LogP contribution in [0.3, 0.4) is 0 Å². The summed E-state index contributed by atoms with van der Waals surface area (Å²) >= 11 is 0. The van der Waals surface area contributed by atoms with Crippen LogP contribution in [0.15, 0.2) is 65.3 Å². The first-order valence-corrected chi connectivity index (χ1v) is 7.01. The van der Waals surface area contributed by atoms with E-state index in [1.165, 1.54) is 12.1 Å². The molecule has 1 aliphatic heterocycles. The highest BCUT2D eigenvalue weighted by Crippen LogP contribution is 2.19. The second-order valence-corrected chi connectivity index (χ2v) is 5.06. The van der Waals surface area contributed by atoms with Crippen LogP contribution in [0.2, 0.25) is 0 Å². The maximum atomic E-state index is 12.0. The van der Waals surface area contributed by atoms with Crippen molar-refractivity contribution in [1.82, 2.24) is 5.43 Å². The summed E-state index contributed by atoms with van der Waals surface area (Å²) < 4.78 is 0. The Labute approximate surface area is 132 Å². The Bertz CT molecular complexity index is 809. The van der Waals surface area contributed by atoms with Gasteiger partial charge in [-0.3, -0.25) is 14.9 Å². The number of rotatable bonds is 3. The second-order valence-electron chi connectivity index (χ2n) is 5.06. The van der Waals surface area contributed by atoms with E-state index < -0.39 is 4.92 Å². The lowest BCUT2D eigenvalue weighted by Gasteiger charge is -2.15. The zero-order valence-electron chi connectivity index (χ0n) is 12.1. The number of hydrazone groups is 1. The number of nitrogens with one attached hydrogen (secondary N) is 1. The Kier molecular flexibility index (Phi) is 3.97. The van der Waals surface area contributed by atoms with Gasteiger partial charge in [-0.2, -0.15) is 5.10 Å². The molecule has 6 nitrogen and oxygen atoms in total. The van der Waals surface area contributed by atoms with Crippen LogP contribution in [-0.4, -0.2) is 16.5 Å². The molecule has 0 saturated carbocycles. The number of nitrogens with zero attached hydrogens (tertiary/aromatic N) is 2. The Morgan fingerprint density at radius 1 is 1.09 bits per heavy atom. The van der Waals surface area contributed by atoms with Crippen LogP contribution < -0.4 is 5.43 Å². The minimum atomic E-state index is -0.454. The molecule has 23 heavy (non-hydrogen) atoms. The monoisotopic (exact) mass is 307 g/mol. The molecular weight excluding hydrogens is 294 g/mol. The van der Waals surface area contributed by atoms with E-state index in [0.29, 0.717) is 12.0 Å². The van der Waals surface area contributed by atoms with Crippen molar-refractivity contribution in [1.29, 1.82) is 0 Å². The van der Waals surface area contributed by atoms with Gasteiger partial charge in [-0.1, -0.05) is 30.3 Å². The number of carbonyl (C=O) groups is 1. The van der Waals surface area contributed by atoms with Crippen molar-refractivity contribution in [3.63, 3.8) is 0 Å². The Balaban J connectivity index is 1.86. The molecule has 0 bridgehead atoms. The molecule has 1 aliphatic rings. The molecule has 0 unspecified atom stereocenters. The molecule has 0 atom stereocenters. The molecule has 0 aromatic heterocycles. The highest BCUT2D eigenvalue weighted by Gasteiger charge is 2.19. The van der Waals surface area contributed by atoms with Crippen molar-refractivity contribution in [2.75, 3.05) is 0 Å². The van der Waals surface area contributed by atoms with E-state index in [1.807, 2.05) is 30.3 Å². The van der Waals surface area contributed by atoms with Crippen LogP contribution in [0, 0.1) is 10.1 Å².